The molecule has 2 heterocycles. The maximum absolute atomic E-state index is 10.7. The highest BCUT2D eigenvalue weighted by Crippen LogP contribution is 2.40. The zero-order valence-corrected chi connectivity index (χ0v) is 21.4. The highest BCUT2D eigenvalue weighted by Gasteiger charge is 2.57. The van der Waals surface area contributed by atoms with E-state index in [-0.39, 0.29) is 5.04 Å². The van der Waals surface area contributed by atoms with E-state index in [0.717, 1.165) is 0 Å². The van der Waals surface area contributed by atoms with Crippen LogP contribution >= 0.6 is 0 Å². The topological polar surface area (TPSA) is 66.4 Å². The van der Waals surface area contributed by atoms with Crippen molar-refractivity contribution in [2.45, 2.75) is 76.1 Å². The van der Waals surface area contributed by atoms with Gasteiger partial charge in [-0.3, -0.25) is 0 Å². The summed E-state index contributed by atoms with van der Waals surface area (Å²) >= 11 is 0. The summed E-state index contributed by atoms with van der Waals surface area (Å²) in [5.74, 6) is -0.821. The minimum absolute atomic E-state index is 0.156. The molecular weight excluding hydrogens is 436 g/mol. The molecule has 180 valence electrons. The molecule has 2 aliphatic heterocycles. The normalized spacial score (nSPS) is 29.6. The molecule has 0 unspecified atom stereocenters. The van der Waals surface area contributed by atoms with Gasteiger partial charge in [-0.1, -0.05) is 81.4 Å². The Balaban J connectivity index is 1.71. The predicted octanol–water partition coefficient (Wildman–Crippen LogP) is 2.82. The first kappa shape index (κ1) is 24.5. The number of methoxy groups -OCH3 is 1. The van der Waals surface area contributed by atoms with Crippen LogP contribution in [0.5, 0.6) is 0 Å². The third-order valence-corrected chi connectivity index (χ3v) is 11.6. The highest BCUT2D eigenvalue weighted by molar-refractivity contribution is 6.99. The molecule has 4 rings (SSSR count). The quantitative estimate of drug-likeness (QED) is 0.653. The maximum Gasteiger partial charge on any atom is 0.261 e. The first-order valence-corrected chi connectivity index (χ1v) is 13.5. The molecule has 6 nitrogen and oxygen atoms in total. The van der Waals surface area contributed by atoms with Crippen LogP contribution in [0.4, 0.5) is 0 Å². The van der Waals surface area contributed by atoms with Crippen LogP contribution in [0.2, 0.25) is 5.04 Å². The third kappa shape index (κ3) is 4.56. The minimum Gasteiger partial charge on any atom is -0.405 e. The van der Waals surface area contributed by atoms with Crippen molar-refractivity contribution in [3.63, 3.8) is 0 Å². The van der Waals surface area contributed by atoms with E-state index in [0.29, 0.717) is 6.61 Å². The zero-order valence-electron chi connectivity index (χ0n) is 20.4. The van der Waals surface area contributed by atoms with Crippen LogP contribution in [0.15, 0.2) is 60.7 Å². The predicted molar refractivity (Wildman–Crippen MR) is 129 cm³/mol. The number of ether oxygens (including phenoxy) is 4. The van der Waals surface area contributed by atoms with Gasteiger partial charge in [0.2, 0.25) is 0 Å². The molecule has 2 aromatic carbocycles. The number of aliphatic hydroxyl groups excluding tert-OH is 1. The lowest BCUT2D eigenvalue weighted by Gasteiger charge is -2.45. The van der Waals surface area contributed by atoms with Crippen LogP contribution in [-0.2, 0) is 23.4 Å². The molecule has 0 spiro atoms. The van der Waals surface area contributed by atoms with Gasteiger partial charge in [-0.25, -0.2) is 0 Å². The van der Waals surface area contributed by atoms with Crippen molar-refractivity contribution in [1.29, 1.82) is 0 Å². The Morgan fingerprint density at radius 1 is 0.909 bits per heavy atom. The van der Waals surface area contributed by atoms with E-state index in [1.807, 2.05) is 26.0 Å². The van der Waals surface area contributed by atoms with E-state index in [4.69, 9.17) is 23.4 Å². The molecule has 1 N–H and O–H groups in total. The summed E-state index contributed by atoms with van der Waals surface area (Å²) in [6.07, 6.45) is -3.21. The largest absolute Gasteiger partial charge is 0.405 e. The van der Waals surface area contributed by atoms with Gasteiger partial charge in [-0.15, -0.1) is 0 Å². The summed E-state index contributed by atoms with van der Waals surface area (Å²) in [7, 11) is -1.22. The summed E-state index contributed by atoms with van der Waals surface area (Å²) in [6, 6.07) is 21.0. The molecule has 0 saturated carbocycles. The van der Waals surface area contributed by atoms with Crippen LogP contribution in [0.25, 0.3) is 0 Å². The van der Waals surface area contributed by atoms with E-state index >= 15 is 0 Å². The molecular formula is C26H36O6Si. The van der Waals surface area contributed by atoms with Gasteiger partial charge >= 0.3 is 0 Å². The standard InChI is InChI=1S/C26H36O6Si/c1-25(2,3)33(18-13-9-7-10-14-18,19-15-11-8-12-16-19)29-17-20-22-23(32-26(4,5)31-22)21(27)24(28-6)30-20/h7-16,20-24,27H,17H2,1-6H3/t20-,21-,22+,23-,24-/m1/s1. The average Bonchev–Trinajstić information content (AvgIpc) is 3.12. The van der Waals surface area contributed by atoms with Crippen molar-refractivity contribution in [1.82, 2.24) is 0 Å². The number of benzene rings is 2. The fraction of sp³-hybridized carbons (Fsp3) is 0.538. The fourth-order valence-electron chi connectivity index (χ4n) is 5.15. The smallest absolute Gasteiger partial charge is 0.261 e. The van der Waals surface area contributed by atoms with Crippen LogP contribution in [-0.4, -0.2) is 63.6 Å². The van der Waals surface area contributed by atoms with Crippen molar-refractivity contribution in [2.75, 3.05) is 13.7 Å². The lowest BCUT2D eigenvalue weighted by atomic mass is 9.99. The van der Waals surface area contributed by atoms with Gasteiger partial charge in [0.15, 0.2) is 12.1 Å². The van der Waals surface area contributed by atoms with E-state index in [2.05, 4.69) is 69.3 Å². The molecule has 0 amide bonds. The Kier molecular flexibility index (Phi) is 6.86. The molecule has 0 aliphatic carbocycles. The number of aliphatic hydroxyl groups is 1. The molecule has 0 aromatic heterocycles. The third-order valence-electron chi connectivity index (χ3n) is 6.57. The van der Waals surface area contributed by atoms with Crippen molar-refractivity contribution in [3.05, 3.63) is 60.7 Å². The lowest BCUT2D eigenvalue weighted by Crippen LogP contribution is -2.68. The van der Waals surface area contributed by atoms with E-state index in [1.165, 1.54) is 17.5 Å². The van der Waals surface area contributed by atoms with Crippen molar-refractivity contribution < 1.29 is 28.5 Å². The Morgan fingerprint density at radius 2 is 1.42 bits per heavy atom. The minimum atomic E-state index is -2.74. The number of hydrogen-bond acceptors (Lipinski definition) is 6. The fourth-order valence-corrected chi connectivity index (χ4v) is 9.72. The van der Waals surface area contributed by atoms with Crippen LogP contribution in [0, 0.1) is 0 Å². The molecule has 0 bridgehead atoms. The molecule has 33 heavy (non-hydrogen) atoms. The Labute approximate surface area is 197 Å². The van der Waals surface area contributed by atoms with Crippen molar-refractivity contribution in [3.8, 4) is 0 Å². The highest BCUT2D eigenvalue weighted by atomic mass is 28.4. The molecule has 2 fully saturated rings. The first-order chi connectivity index (χ1) is 15.6. The Bertz CT molecular complexity index is 874. The van der Waals surface area contributed by atoms with Gasteiger partial charge in [0, 0.05) is 7.11 Å². The van der Waals surface area contributed by atoms with Gasteiger partial charge in [-0.05, 0) is 29.3 Å². The molecule has 5 atom stereocenters. The second kappa shape index (κ2) is 9.22. The second-order valence-corrected chi connectivity index (χ2v) is 14.6. The summed E-state index contributed by atoms with van der Waals surface area (Å²) in [6.45, 7) is 10.7. The first-order valence-electron chi connectivity index (χ1n) is 11.6. The molecule has 2 saturated heterocycles. The summed E-state index contributed by atoms with van der Waals surface area (Å²) in [4.78, 5) is 0. The second-order valence-electron chi connectivity index (χ2n) is 10.3. The molecule has 0 radical (unpaired) electrons. The Hall–Kier alpha value is -1.58. The molecule has 7 heteroatoms. The maximum atomic E-state index is 10.7. The average molecular weight is 473 g/mol. The van der Waals surface area contributed by atoms with E-state index in [9.17, 15) is 5.11 Å². The number of fused-ring (bicyclic) bond motifs is 1. The van der Waals surface area contributed by atoms with Gasteiger partial charge in [-0.2, -0.15) is 0 Å². The summed E-state index contributed by atoms with van der Waals surface area (Å²) in [5.41, 5.74) is 0. The van der Waals surface area contributed by atoms with Crippen LogP contribution < -0.4 is 10.4 Å². The monoisotopic (exact) mass is 472 g/mol. The van der Waals surface area contributed by atoms with Gasteiger partial charge in [0.25, 0.3) is 8.32 Å². The van der Waals surface area contributed by atoms with Crippen LogP contribution in [0.3, 0.4) is 0 Å². The lowest BCUT2D eigenvalue weighted by molar-refractivity contribution is -0.273. The number of hydrogen-bond donors (Lipinski definition) is 1. The van der Waals surface area contributed by atoms with Crippen LogP contribution in [0.1, 0.15) is 34.6 Å². The van der Waals surface area contributed by atoms with Crippen molar-refractivity contribution >= 4 is 18.7 Å². The zero-order chi connectivity index (χ0) is 23.9. The van der Waals surface area contributed by atoms with Crippen molar-refractivity contribution in [2.24, 2.45) is 0 Å². The Morgan fingerprint density at radius 3 is 1.91 bits per heavy atom. The summed E-state index contributed by atoms with van der Waals surface area (Å²) < 4.78 is 30.8. The molecule has 2 aliphatic rings. The number of rotatable bonds is 6. The van der Waals surface area contributed by atoms with Gasteiger partial charge in [0.1, 0.15) is 24.4 Å². The van der Waals surface area contributed by atoms with E-state index in [1.54, 1.807) is 0 Å². The molecule has 2 aromatic rings. The SMILES string of the molecule is CO[C@@H]1O[C@H](CO[Si](c2ccccc2)(c2ccccc2)C(C)(C)C)[C@@H]2OC(C)(C)O[C@@H]2[C@H]1O. The van der Waals surface area contributed by atoms with E-state index < -0.39 is 44.8 Å². The van der Waals surface area contributed by atoms with Gasteiger partial charge in [0.05, 0.1) is 6.61 Å². The van der Waals surface area contributed by atoms with Gasteiger partial charge < -0.3 is 28.5 Å². The summed E-state index contributed by atoms with van der Waals surface area (Å²) in [5, 5.41) is 13.0.